The number of ether oxygens (including phenoxy) is 2. The van der Waals surface area contributed by atoms with Gasteiger partial charge in [-0.05, 0) is 12.1 Å². The molecule has 6 heteroatoms. The minimum absolute atomic E-state index is 0.00273. The zero-order valence-corrected chi connectivity index (χ0v) is 8.96. The summed E-state index contributed by atoms with van der Waals surface area (Å²) in [7, 11) is -3.25. The maximum absolute atomic E-state index is 12.8. The summed E-state index contributed by atoms with van der Waals surface area (Å²) >= 11 is 0. The number of halogens is 1. The Balaban J connectivity index is 2.88. The van der Waals surface area contributed by atoms with Gasteiger partial charge >= 0.3 is 10.2 Å². The molecule has 0 saturated heterocycles. The zero-order valence-electron chi connectivity index (χ0n) is 8.14. The molecule has 0 spiro atoms. The molecule has 0 heterocycles. The van der Waals surface area contributed by atoms with Gasteiger partial charge in [-0.2, -0.15) is 8.42 Å². The molecule has 0 fully saturated rings. The van der Waals surface area contributed by atoms with Crippen LogP contribution in [-0.4, -0.2) is 28.7 Å². The predicted molar refractivity (Wildman–Crippen MR) is 52.1 cm³/mol. The summed E-state index contributed by atoms with van der Waals surface area (Å²) < 4.78 is 43.9. The van der Waals surface area contributed by atoms with E-state index in [0.717, 1.165) is 6.07 Å². The molecule has 84 valence electrons. The average Bonchev–Trinajstić information content (AvgIpc) is 2.17. The smallest absolute Gasteiger partial charge is 0.335 e. The van der Waals surface area contributed by atoms with Gasteiger partial charge in [-0.15, -0.1) is 3.89 Å². The molecule has 0 radical (unpaired) electrons. The van der Waals surface area contributed by atoms with Crippen molar-refractivity contribution in [2.24, 2.45) is 0 Å². The highest BCUT2D eigenvalue weighted by Crippen LogP contribution is 2.24. The molecular weight excluding hydrogens is 223 g/mol. The Hall–Kier alpha value is -1.14. The van der Waals surface area contributed by atoms with Gasteiger partial charge in [-0.25, -0.2) is 0 Å². The minimum Gasteiger partial charge on any atom is -0.490 e. The van der Waals surface area contributed by atoms with E-state index in [1.165, 1.54) is 19.2 Å². The first-order chi connectivity index (χ1) is 7.05. The molecule has 0 aliphatic carbocycles. The molecule has 1 aromatic rings. The molecule has 0 N–H and O–H groups in total. The van der Waals surface area contributed by atoms with Crippen LogP contribution in [0.1, 0.15) is 0 Å². The Morgan fingerprint density at radius 1 is 1.27 bits per heavy atom. The summed E-state index contributed by atoms with van der Waals surface area (Å²) in [6.45, 7) is 0.476. The quantitative estimate of drug-likeness (QED) is 0.570. The third-order valence-electron chi connectivity index (χ3n) is 1.66. The minimum atomic E-state index is -4.74. The number of para-hydroxylation sites is 1. The van der Waals surface area contributed by atoms with Crippen molar-refractivity contribution in [3.05, 3.63) is 24.3 Å². The van der Waals surface area contributed by atoms with Gasteiger partial charge in [-0.1, -0.05) is 12.1 Å². The Morgan fingerprint density at radius 3 is 2.53 bits per heavy atom. The van der Waals surface area contributed by atoms with Gasteiger partial charge in [-0.3, -0.25) is 0 Å². The standard InChI is InChI=1S/C9H11FO4S/c1-13-6-7-14-8-4-2-3-5-9(8)15(10,11)12/h2-5H,6-7H2,1H3. The predicted octanol–water partition coefficient (Wildman–Crippen LogP) is 1.37. The van der Waals surface area contributed by atoms with Crippen molar-refractivity contribution >= 4 is 10.2 Å². The summed E-state index contributed by atoms with van der Waals surface area (Å²) in [5.41, 5.74) is 0. The molecule has 0 atom stereocenters. The molecule has 4 nitrogen and oxygen atoms in total. The SMILES string of the molecule is COCCOc1ccccc1S(=O)(=O)F. The molecule has 0 aromatic heterocycles. The lowest BCUT2D eigenvalue weighted by atomic mass is 10.3. The van der Waals surface area contributed by atoms with Gasteiger partial charge in [0.2, 0.25) is 0 Å². The van der Waals surface area contributed by atoms with Crippen molar-refractivity contribution in [2.75, 3.05) is 20.3 Å². The molecule has 0 saturated carbocycles. The zero-order chi connectivity index (χ0) is 11.3. The van der Waals surface area contributed by atoms with Gasteiger partial charge in [0.05, 0.1) is 6.61 Å². The third-order valence-corrected chi connectivity index (χ3v) is 2.52. The Bertz CT molecular complexity index is 416. The molecule has 1 rings (SSSR count). The Morgan fingerprint density at radius 2 is 1.93 bits per heavy atom. The van der Waals surface area contributed by atoms with Crippen LogP contribution in [0, 0.1) is 0 Å². The number of rotatable bonds is 5. The van der Waals surface area contributed by atoms with Crippen molar-refractivity contribution in [1.29, 1.82) is 0 Å². The van der Waals surface area contributed by atoms with Crippen LogP contribution in [0.15, 0.2) is 29.2 Å². The van der Waals surface area contributed by atoms with E-state index in [2.05, 4.69) is 0 Å². The molecular formula is C9H11FO4S. The second kappa shape index (κ2) is 5.09. The molecule has 0 aliphatic rings. The largest absolute Gasteiger partial charge is 0.490 e. The third kappa shape index (κ3) is 3.49. The first kappa shape index (κ1) is 11.9. The van der Waals surface area contributed by atoms with Crippen LogP contribution in [0.25, 0.3) is 0 Å². The average molecular weight is 234 g/mol. The lowest BCUT2D eigenvalue weighted by molar-refractivity contribution is 0.144. The van der Waals surface area contributed by atoms with Crippen LogP contribution in [0.5, 0.6) is 5.75 Å². The highest BCUT2D eigenvalue weighted by Gasteiger charge is 2.17. The van der Waals surface area contributed by atoms with E-state index in [-0.39, 0.29) is 12.4 Å². The second-order valence-corrected chi connectivity index (χ2v) is 4.04. The van der Waals surface area contributed by atoms with Crippen LogP contribution in [0.2, 0.25) is 0 Å². The monoisotopic (exact) mass is 234 g/mol. The van der Waals surface area contributed by atoms with Crippen molar-refractivity contribution < 1.29 is 21.8 Å². The van der Waals surface area contributed by atoms with Crippen molar-refractivity contribution in [2.45, 2.75) is 4.90 Å². The first-order valence-corrected chi connectivity index (χ1v) is 5.59. The number of hydrogen-bond acceptors (Lipinski definition) is 4. The van der Waals surface area contributed by atoms with E-state index in [0.29, 0.717) is 6.61 Å². The number of methoxy groups -OCH3 is 1. The van der Waals surface area contributed by atoms with E-state index in [4.69, 9.17) is 9.47 Å². The van der Waals surface area contributed by atoms with Crippen molar-refractivity contribution in [1.82, 2.24) is 0 Å². The van der Waals surface area contributed by atoms with Gasteiger partial charge in [0.15, 0.2) is 0 Å². The topological polar surface area (TPSA) is 52.6 Å². The van der Waals surface area contributed by atoms with E-state index >= 15 is 0 Å². The molecule has 1 aromatic carbocycles. The Kier molecular flexibility index (Phi) is 4.05. The van der Waals surface area contributed by atoms with Crippen molar-refractivity contribution in [3.8, 4) is 5.75 Å². The molecule has 0 amide bonds. The highest BCUT2D eigenvalue weighted by atomic mass is 32.3. The summed E-state index contributed by atoms with van der Waals surface area (Å²) in [4.78, 5) is -0.457. The maximum Gasteiger partial charge on any atom is 0.335 e. The lowest BCUT2D eigenvalue weighted by Crippen LogP contribution is -2.06. The van der Waals surface area contributed by atoms with Gasteiger partial charge in [0, 0.05) is 7.11 Å². The molecule has 0 unspecified atom stereocenters. The maximum atomic E-state index is 12.8. The highest BCUT2D eigenvalue weighted by molar-refractivity contribution is 7.86. The van der Waals surface area contributed by atoms with Crippen LogP contribution < -0.4 is 4.74 Å². The summed E-state index contributed by atoms with van der Waals surface area (Å²) in [6.07, 6.45) is 0. The summed E-state index contributed by atoms with van der Waals surface area (Å²) in [5, 5.41) is 0. The van der Waals surface area contributed by atoms with Gasteiger partial charge in [0.25, 0.3) is 0 Å². The normalized spacial score (nSPS) is 11.3. The number of benzene rings is 1. The van der Waals surface area contributed by atoms with Crippen LogP contribution >= 0.6 is 0 Å². The fraction of sp³-hybridized carbons (Fsp3) is 0.333. The van der Waals surface area contributed by atoms with Crippen LogP contribution in [-0.2, 0) is 15.0 Å². The van der Waals surface area contributed by atoms with Gasteiger partial charge in [0.1, 0.15) is 17.3 Å². The lowest BCUT2D eigenvalue weighted by Gasteiger charge is -2.07. The van der Waals surface area contributed by atoms with E-state index < -0.39 is 15.1 Å². The van der Waals surface area contributed by atoms with Gasteiger partial charge < -0.3 is 9.47 Å². The Labute approximate surface area is 87.8 Å². The summed E-state index contributed by atoms with van der Waals surface area (Å²) in [6, 6.07) is 5.53. The molecule has 15 heavy (non-hydrogen) atoms. The second-order valence-electron chi connectivity index (χ2n) is 2.73. The van der Waals surface area contributed by atoms with Crippen LogP contribution in [0.4, 0.5) is 3.89 Å². The first-order valence-electron chi connectivity index (χ1n) is 4.21. The fourth-order valence-electron chi connectivity index (χ4n) is 1.01. The van der Waals surface area contributed by atoms with E-state index in [1.54, 1.807) is 6.07 Å². The summed E-state index contributed by atoms with van der Waals surface area (Å²) in [5.74, 6) is -0.00273. The number of hydrogen-bond donors (Lipinski definition) is 0. The molecule has 0 bridgehead atoms. The van der Waals surface area contributed by atoms with E-state index in [9.17, 15) is 12.3 Å². The fourth-order valence-corrected chi connectivity index (χ4v) is 1.61. The van der Waals surface area contributed by atoms with E-state index in [1.807, 2.05) is 0 Å². The molecule has 0 aliphatic heterocycles. The van der Waals surface area contributed by atoms with Crippen molar-refractivity contribution in [3.63, 3.8) is 0 Å². The van der Waals surface area contributed by atoms with Crippen LogP contribution in [0.3, 0.4) is 0 Å².